The molecule has 0 spiro atoms. The molecule has 1 heterocycles. The molecule has 27 heavy (non-hydrogen) atoms. The molecule has 0 radical (unpaired) electrons. The molecule has 0 aliphatic carbocycles. The van der Waals surface area contributed by atoms with Crippen molar-refractivity contribution in [1.82, 2.24) is 5.43 Å². The van der Waals surface area contributed by atoms with E-state index in [0.717, 1.165) is 33.5 Å². The average molecular weight is 376 g/mol. The van der Waals surface area contributed by atoms with Gasteiger partial charge in [-0.2, -0.15) is 5.10 Å². The van der Waals surface area contributed by atoms with Crippen molar-refractivity contribution in [3.05, 3.63) is 66.2 Å². The molecule has 3 aromatic carbocycles. The molecule has 1 aliphatic rings. The highest BCUT2D eigenvalue weighted by Crippen LogP contribution is 2.32. The van der Waals surface area contributed by atoms with Crippen LogP contribution in [0.2, 0.25) is 0 Å². The predicted molar refractivity (Wildman–Crippen MR) is 111 cm³/mol. The number of benzene rings is 3. The number of carbonyl (C=O) groups is 1. The van der Waals surface area contributed by atoms with Gasteiger partial charge in [-0.25, -0.2) is 0 Å². The number of methoxy groups -OCH3 is 1. The van der Waals surface area contributed by atoms with Crippen molar-refractivity contribution in [2.45, 2.75) is 0 Å². The lowest BCUT2D eigenvalue weighted by atomic mass is 10.0. The largest absolute Gasteiger partial charge is 0.497 e. The number of nitrogens with zero attached hydrogens (tertiary/aromatic N) is 1. The van der Waals surface area contributed by atoms with Crippen LogP contribution in [0.5, 0.6) is 5.75 Å². The molecule has 134 valence electrons. The molecular formula is C20H16N4O2S. The smallest absolute Gasteiger partial charge is 0.276 e. The molecule has 6 nitrogen and oxygen atoms in total. The molecule has 0 unspecified atom stereocenters. The number of nitrogens with one attached hydrogen (secondary N) is 3. The fourth-order valence-corrected chi connectivity index (χ4v) is 3.11. The molecule has 4 rings (SSSR count). The van der Waals surface area contributed by atoms with Crippen LogP contribution in [0.4, 0.5) is 11.4 Å². The quantitative estimate of drug-likeness (QED) is 0.482. The number of hydrogen-bond donors (Lipinski definition) is 3. The topological polar surface area (TPSA) is 74.8 Å². The summed E-state index contributed by atoms with van der Waals surface area (Å²) in [5.41, 5.74) is 5.35. The van der Waals surface area contributed by atoms with E-state index in [2.05, 4.69) is 21.2 Å². The van der Waals surface area contributed by atoms with Crippen LogP contribution in [0.25, 0.3) is 10.8 Å². The van der Waals surface area contributed by atoms with E-state index < -0.39 is 0 Å². The summed E-state index contributed by atoms with van der Waals surface area (Å²) in [5.74, 6) is 0.493. The Bertz CT molecular complexity index is 1080. The highest BCUT2D eigenvalue weighted by molar-refractivity contribution is 7.80. The summed E-state index contributed by atoms with van der Waals surface area (Å²) in [4.78, 5) is 12.4. The van der Waals surface area contributed by atoms with Gasteiger partial charge in [0.05, 0.1) is 12.8 Å². The zero-order chi connectivity index (χ0) is 18.8. The zero-order valence-electron chi connectivity index (χ0n) is 14.4. The maximum absolute atomic E-state index is 12.4. The molecule has 0 saturated carbocycles. The summed E-state index contributed by atoms with van der Waals surface area (Å²) >= 11 is 5.25. The predicted octanol–water partition coefficient (Wildman–Crippen LogP) is 3.49. The molecule has 0 atom stereocenters. The van der Waals surface area contributed by atoms with Crippen molar-refractivity contribution < 1.29 is 9.53 Å². The van der Waals surface area contributed by atoms with Crippen molar-refractivity contribution >= 4 is 51.1 Å². The van der Waals surface area contributed by atoms with Crippen molar-refractivity contribution in [2.24, 2.45) is 5.10 Å². The number of ether oxygens (including phenoxy) is 1. The maximum atomic E-state index is 12.4. The van der Waals surface area contributed by atoms with E-state index in [1.807, 2.05) is 60.7 Å². The molecule has 3 N–H and O–H groups in total. The van der Waals surface area contributed by atoms with Gasteiger partial charge in [0.25, 0.3) is 5.91 Å². The average Bonchev–Trinajstić information content (AvgIpc) is 3.02. The number of thiocarbonyl (C=S) groups is 1. The molecule has 0 fully saturated rings. The Labute approximate surface area is 161 Å². The molecule has 0 bridgehead atoms. The van der Waals surface area contributed by atoms with Crippen LogP contribution in [0.3, 0.4) is 0 Å². The Morgan fingerprint density at radius 3 is 2.63 bits per heavy atom. The van der Waals surface area contributed by atoms with Gasteiger partial charge in [-0.3, -0.25) is 10.2 Å². The molecular weight excluding hydrogens is 360 g/mol. The van der Waals surface area contributed by atoms with E-state index in [4.69, 9.17) is 17.0 Å². The number of carbonyl (C=O) groups excluding carboxylic acids is 1. The maximum Gasteiger partial charge on any atom is 0.276 e. The molecule has 0 aromatic heterocycles. The summed E-state index contributed by atoms with van der Waals surface area (Å²) in [6, 6.07) is 19.1. The van der Waals surface area contributed by atoms with Crippen molar-refractivity contribution in [1.29, 1.82) is 0 Å². The Balaban J connectivity index is 1.53. The first-order valence-electron chi connectivity index (χ1n) is 8.28. The second-order valence-corrected chi connectivity index (χ2v) is 6.33. The normalized spacial score (nSPS) is 14.0. The van der Waals surface area contributed by atoms with E-state index in [9.17, 15) is 4.79 Å². The number of amides is 1. The van der Waals surface area contributed by atoms with Crippen LogP contribution in [-0.4, -0.2) is 23.8 Å². The number of hydrazone groups is 1. The molecule has 1 amide bonds. The Morgan fingerprint density at radius 1 is 1.07 bits per heavy atom. The Kier molecular flexibility index (Phi) is 4.43. The lowest BCUT2D eigenvalue weighted by molar-refractivity contribution is -0.110. The first-order chi connectivity index (χ1) is 13.2. The second-order valence-electron chi connectivity index (χ2n) is 5.92. The second kappa shape index (κ2) is 7.05. The van der Waals surface area contributed by atoms with Gasteiger partial charge < -0.3 is 15.4 Å². The Hall–Kier alpha value is -3.45. The minimum Gasteiger partial charge on any atom is -0.497 e. The summed E-state index contributed by atoms with van der Waals surface area (Å²) in [6.45, 7) is 0. The van der Waals surface area contributed by atoms with Gasteiger partial charge in [-0.15, -0.1) is 0 Å². The third-order valence-corrected chi connectivity index (χ3v) is 4.45. The molecule has 1 aliphatic heterocycles. The van der Waals surface area contributed by atoms with Crippen molar-refractivity contribution in [3.8, 4) is 5.75 Å². The van der Waals surface area contributed by atoms with E-state index in [1.165, 1.54) is 0 Å². The third-order valence-electron chi connectivity index (χ3n) is 4.25. The fourth-order valence-electron chi connectivity index (χ4n) is 2.95. The van der Waals surface area contributed by atoms with Crippen LogP contribution in [0.1, 0.15) is 5.56 Å². The Morgan fingerprint density at radius 2 is 1.85 bits per heavy atom. The van der Waals surface area contributed by atoms with Gasteiger partial charge in [-0.1, -0.05) is 30.3 Å². The highest BCUT2D eigenvalue weighted by Gasteiger charge is 2.27. The monoisotopic (exact) mass is 376 g/mol. The van der Waals surface area contributed by atoms with Gasteiger partial charge in [0.2, 0.25) is 0 Å². The number of hydrogen-bond acceptors (Lipinski definition) is 4. The van der Waals surface area contributed by atoms with E-state index in [-0.39, 0.29) is 11.0 Å². The van der Waals surface area contributed by atoms with Crippen LogP contribution in [0.15, 0.2) is 65.8 Å². The van der Waals surface area contributed by atoms with E-state index >= 15 is 0 Å². The molecule has 0 saturated heterocycles. The summed E-state index contributed by atoms with van der Waals surface area (Å²) in [5, 5.41) is 12.4. The molecule has 3 aromatic rings. The zero-order valence-corrected chi connectivity index (χ0v) is 15.3. The lowest BCUT2D eigenvalue weighted by Crippen LogP contribution is -2.27. The van der Waals surface area contributed by atoms with E-state index in [1.54, 1.807) is 7.11 Å². The SMILES string of the molecule is COc1ccc(NC(=S)N/N=C2\C(=O)Nc3c2ccc2ccccc32)cc1. The fraction of sp³-hybridized carbons (Fsp3) is 0.0500. The van der Waals surface area contributed by atoms with Crippen LogP contribution in [0, 0.1) is 0 Å². The van der Waals surface area contributed by atoms with Gasteiger partial charge in [0, 0.05) is 16.6 Å². The van der Waals surface area contributed by atoms with Crippen molar-refractivity contribution in [2.75, 3.05) is 17.7 Å². The summed E-state index contributed by atoms with van der Waals surface area (Å²) in [7, 11) is 1.61. The third kappa shape index (κ3) is 3.32. The van der Waals surface area contributed by atoms with Crippen LogP contribution in [-0.2, 0) is 4.79 Å². The van der Waals surface area contributed by atoms with E-state index in [0.29, 0.717) is 5.71 Å². The summed E-state index contributed by atoms with van der Waals surface area (Å²) in [6.07, 6.45) is 0. The first kappa shape index (κ1) is 17.0. The molecule has 7 heteroatoms. The minimum absolute atomic E-state index is 0.263. The van der Waals surface area contributed by atoms with Crippen molar-refractivity contribution in [3.63, 3.8) is 0 Å². The van der Waals surface area contributed by atoms with Gasteiger partial charge in [-0.05, 0) is 47.9 Å². The summed E-state index contributed by atoms with van der Waals surface area (Å²) < 4.78 is 5.12. The first-order valence-corrected chi connectivity index (χ1v) is 8.69. The lowest BCUT2D eigenvalue weighted by Gasteiger charge is -2.08. The van der Waals surface area contributed by atoms with Gasteiger partial charge in [0.15, 0.2) is 10.8 Å². The van der Waals surface area contributed by atoms with Crippen LogP contribution < -0.4 is 20.8 Å². The van der Waals surface area contributed by atoms with Gasteiger partial charge >= 0.3 is 0 Å². The number of anilines is 2. The minimum atomic E-state index is -0.263. The van der Waals surface area contributed by atoms with Gasteiger partial charge in [0.1, 0.15) is 5.75 Å². The standard InChI is InChI=1S/C20H16N4O2S/c1-26-14-9-7-13(8-10-14)21-20(27)24-23-18-16-11-6-12-4-2-3-5-15(12)17(16)22-19(18)25/h2-11H,1H3,(H2,21,24,27)(H,22,23,25). The highest BCUT2D eigenvalue weighted by atomic mass is 32.1. The van der Waals surface area contributed by atoms with Crippen LogP contribution >= 0.6 is 12.2 Å². The number of rotatable bonds is 3. The number of fused-ring (bicyclic) bond motifs is 3.